The van der Waals surface area contributed by atoms with Crippen molar-refractivity contribution in [2.45, 2.75) is 59.7 Å². The molecule has 0 saturated heterocycles. The fourth-order valence-corrected chi connectivity index (χ4v) is 3.05. The third-order valence-corrected chi connectivity index (χ3v) is 4.53. The molecule has 0 unspecified atom stereocenters. The van der Waals surface area contributed by atoms with Gasteiger partial charge in [0.05, 0.1) is 12.7 Å². The van der Waals surface area contributed by atoms with Gasteiger partial charge in [0.1, 0.15) is 17.1 Å². The Kier molecular flexibility index (Phi) is 7.32. The molecular weight excluding hydrogens is 392 g/mol. The van der Waals surface area contributed by atoms with E-state index in [-0.39, 0.29) is 5.78 Å². The molecule has 0 spiro atoms. The van der Waals surface area contributed by atoms with E-state index in [1.165, 1.54) is 6.08 Å². The Bertz CT molecular complexity index is 970. The summed E-state index contributed by atoms with van der Waals surface area (Å²) in [5.74, 6) is 0.603. The number of carbonyl (C=O) groups is 2. The molecule has 166 valence electrons. The van der Waals surface area contributed by atoms with Crippen molar-refractivity contribution in [3.05, 3.63) is 64.7 Å². The summed E-state index contributed by atoms with van der Waals surface area (Å²) in [4.78, 5) is 25.1. The van der Waals surface area contributed by atoms with Crippen LogP contribution in [-0.2, 0) is 9.53 Å². The maximum Gasteiger partial charge on any atom is 0.350 e. The van der Waals surface area contributed by atoms with E-state index in [9.17, 15) is 9.59 Å². The predicted molar refractivity (Wildman–Crippen MR) is 123 cm³/mol. The van der Waals surface area contributed by atoms with E-state index in [1.807, 2.05) is 52.8 Å². The summed E-state index contributed by atoms with van der Waals surface area (Å²) in [7, 11) is 1.54. The average Bonchev–Trinajstić information content (AvgIpc) is 2.67. The fourth-order valence-electron chi connectivity index (χ4n) is 3.05. The van der Waals surface area contributed by atoms with Gasteiger partial charge in [-0.2, -0.15) is 0 Å². The van der Waals surface area contributed by atoms with Crippen LogP contribution < -0.4 is 9.47 Å². The second-order valence-electron chi connectivity index (χ2n) is 9.00. The van der Waals surface area contributed by atoms with Crippen molar-refractivity contribution < 1.29 is 23.8 Å². The van der Waals surface area contributed by atoms with Gasteiger partial charge in [0.2, 0.25) is 0 Å². The van der Waals surface area contributed by atoms with E-state index in [0.29, 0.717) is 17.1 Å². The molecule has 0 radical (unpaired) electrons. The van der Waals surface area contributed by atoms with Crippen molar-refractivity contribution in [3.63, 3.8) is 0 Å². The molecule has 0 aliphatic heterocycles. The predicted octanol–water partition coefficient (Wildman–Crippen LogP) is 5.71. The summed E-state index contributed by atoms with van der Waals surface area (Å²) in [5.41, 5.74) is 1.36. The molecule has 0 aromatic heterocycles. The van der Waals surface area contributed by atoms with E-state index in [0.717, 1.165) is 16.7 Å². The van der Waals surface area contributed by atoms with Gasteiger partial charge in [-0.05, 0) is 95.5 Å². The minimum Gasteiger partial charge on any atom is -0.496 e. The van der Waals surface area contributed by atoms with E-state index >= 15 is 0 Å². The largest absolute Gasteiger partial charge is 0.496 e. The standard InChI is InChI=1S/C26H32O5/c1-17-15-19(13-14-21(27)20-11-9-10-12-22(20)29-8)16-18(2)23(17)30-26(6,7)24(28)31-25(3,4)5/h9-16H,1-8H3/b14-13+. The van der Waals surface area contributed by atoms with Crippen molar-refractivity contribution in [2.75, 3.05) is 7.11 Å². The number of para-hydroxylation sites is 1. The summed E-state index contributed by atoms with van der Waals surface area (Å²) >= 11 is 0. The highest BCUT2D eigenvalue weighted by atomic mass is 16.6. The third kappa shape index (κ3) is 6.45. The summed E-state index contributed by atoms with van der Waals surface area (Å²) in [5, 5.41) is 0. The summed E-state index contributed by atoms with van der Waals surface area (Å²) in [6.07, 6.45) is 3.29. The number of hydrogen-bond donors (Lipinski definition) is 0. The molecular formula is C26H32O5. The molecule has 0 N–H and O–H groups in total. The zero-order chi connectivity index (χ0) is 23.4. The number of carbonyl (C=O) groups excluding carboxylic acids is 2. The van der Waals surface area contributed by atoms with Crippen LogP contribution in [0.5, 0.6) is 11.5 Å². The Morgan fingerprint density at radius 3 is 2.06 bits per heavy atom. The van der Waals surface area contributed by atoms with Crippen LogP contribution in [0, 0.1) is 13.8 Å². The van der Waals surface area contributed by atoms with Gasteiger partial charge >= 0.3 is 5.97 Å². The fraction of sp³-hybridized carbons (Fsp3) is 0.385. The number of aryl methyl sites for hydroxylation is 2. The van der Waals surface area contributed by atoms with Gasteiger partial charge in [-0.25, -0.2) is 4.79 Å². The first-order valence-electron chi connectivity index (χ1n) is 10.2. The highest BCUT2D eigenvalue weighted by molar-refractivity contribution is 6.08. The number of ether oxygens (including phenoxy) is 3. The number of rotatable bonds is 7. The van der Waals surface area contributed by atoms with Gasteiger partial charge in [-0.15, -0.1) is 0 Å². The Labute approximate surface area is 185 Å². The number of ketones is 1. The first-order chi connectivity index (χ1) is 14.3. The molecule has 0 heterocycles. The molecule has 0 atom stereocenters. The lowest BCUT2D eigenvalue weighted by Crippen LogP contribution is -2.43. The van der Waals surface area contributed by atoms with Gasteiger partial charge in [-0.1, -0.05) is 18.2 Å². The van der Waals surface area contributed by atoms with Crippen LogP contribution in [0.15, 0.2) is 42.5 Å². The number of esters is 1. The monoisotopic (exact) mass is 424 g/mol. The molecule has 5 heteroatoms. The normalized spacial score (nSPS) is 12.0. The van der Waals surface area contributed by atoms with Crippen molar-refractivity contribution in [1.29, 1.82) is 0 Å². The highest BCUT2D eigenvalue weighted by Crippen LogP contribution is 2.30. The van der Waals surface area contributed by atoms with Crippen LogP contribution >= 0.6 is 0 Å². The number of hydrogen-bond acceptors (Lipinski definition) is 5. The maximum absolute atomic E-state index is 12.6. The summed E-state index contributed by atoms with van der Waals surface area (Å²) in [6, 6.07) is 10.9. The second kappa shape index (κ2) is 9.38. The SMILES string of the molecule is COc1ccccc1C(=O)/C=C/c1cc(C)c(OC(C)(C)C(=O)OC(C)(C)C)c(C)c1. The topological polar surface area (TPSA) is 61.8 Å². The molecule has 31 heavy (non-hydrogen) atoms. The number of methoxy groups -OCH3 is 1. The number of benzene rings is 2. The second-order valence-corrected chi connectivity index (χ2v) is 9.00. The Balaban J connectivity index is 2.23. The van der Waals surface area contributed by atoms with Crippen LogP contribution in [0.25, 0.3) is 6.08 Å². The first-order valence-corrected chi connectivity index (χ1v) is 10.2. The lowest BCUT2D eigenvalue weighted by molar-refractivity contribution is -0.171. The zero-order valence-electron chi connectivity index (χ0n) is 19.7. The molecule has 2 aromatic carbocycles. The summed E-state index contributed by atoms with van der Waals surface area (Å²) < 4.78 is 16.8. The molecule has 2 rings (SSSR count). The molecule has 0 fully saturated rings. The van der Waals surface area contributed by atoms with Gasteiger partial charge < -0.3 is 14.2 Å². The average molecular weight is 425 g/mol. The third-order valence-electron chi connectivity index (χ3n) is 4.53. The van der Waals surface area contributed by atoms with Crippen LogP contribution in [0.1, 0.15) is 61.7 Å². The Hall–Kier alpha value is -3.08. The van der Waals surface area contributed by atoms with E-state index in [1.54, 1.807) is 45.2 Å². The molecule has 0 aliphatic carbocycles. The van der Waals surface area contributed by atoms with Gasteiger partial charge in [0.15, 0.2) is 11.4 Å². The van der Waals surface area contributed by atoms with Gasteiger partial charge in [0, 0.05) is 0 Å². The smallest absolute Gasteiger partial charge is 0.350 e. The molecule has 0 bridgehead atoms. The zero-order valence-corrected chi connectivity index (χ0v) is 19.7. The van der Waals surface area contributed by atoms with Crippen LogP contribution in [0.2, 0.25) is 0 Å². The lowest BCUT2D eigenvalue weighted by Gasteiger charge is -2.30. The Morgan fingerprint density at radius 1 is 0.935 bits per heavy atom. The van der Waals surface area contributed by atoms with Gasteiger partial charge in [0.25, 0.3) is 0 Å². The molecule has 0 saturated carbocycles. The van der Waals surface area contributed by atoms with Crippen molar-refractivity contribution in [3.8, 4) is 11.5 Å². The van der Waals surface area contributed by atoms with E-state index in [2.05, 4.69) is 0 Å². The molecule has 2 aromatic rings. The maximum atomic E-state index is 12.6. The first kappa shape index (κ1) is 24.2. The van der Waals surface area contributed by atoms with Crippen LogP contribution in [0.4, 0.5) is 0 Å². The molecule has 0 aliphatic rings. The summed E-state index contributed by atoms with van der Waals surface area (Å²) in [6.45, 7) is 12.7. The highest BCUT2D eigenvalue weighted by Gasteiger charge is 2.35. The van der Waals surface area contributed by atoms with Crippen LogP contribution in [-0.4, -0.2) is 30.1 Å². The Morgan fingerprint density at radius 2 is 1.52 bits per heavy atom. The lowest BCUT2D eigenvalue weighted by atomic mass is 10.0. The van der Waals surface area contributed by atoms with E-state index < -0.39 is 17.2 Å². The van der Waals surface area contributed by atoms with Crippen molar-refractivity contribution in [1.82, 2.24) is 0 Å². The van der Waals surface area contributed by atoms with Gasteiger partial charge in [-0.3, -0.25) is 4.79 Å². The molecule has 0 amide bonds. The quantitative estimate of drug-likeness (QED) is 0.324. The van der Waals surface area contributed by atoms with Crippen molar-refractivity contribution in [2.24, 2.45) is 0 Å². The van der Waals surface area contributed by atoms with E-state index in [4.69, 9.17) is 14.2 Å². The van der Waals surface area contributed by atoms with Crippen molar-refractivity contribution >= 4 is 17.8 Å². The number of allylic oxidation sites excluding steroid dienone is 1. The minimum absolute atomic E-state index is 0.140. The minimum atomic E-state index is -1.14. The molecule has 5 nitrogen and oxygen atoms in total. The van der Waals surface area contributed by atoms with Crippen LogP contribution in [0.3, 0.4) is 0 Å².